The smallest absolute Gasteiger partial charge is 0.410 e. The van der Waals surface area contributed by atoms with Crippen molar-refractivity contribution >= 4 is 41.9 Å². The fourth-order valence-corrected chi connectivity index (χ4v) is 9.84. The van der Waals surface area contributed by atoms with Crippen LogP contribution in [0.15, 0.2) is 0 Å². The average molecular weight is 1080 g/mol. The van der Waals surface area contributed by atoms with Gasteiger partial charge in [0.15, 0.2) is 0 Å². The van der Waals surface area contributed by atoms with Crippen LogP contribution in [-0.2, 0) is 61.9 Å². The quantitative estimate of drug-likeness (QED) is 0.0318. The van der Waals surface area contributed by atoms with Crippen LogP contribution < -0.4 is 0 Å². The Morgan fingerprint density at radius 2 is 0.737 bits per heavy atom. The highest BCUT2D eigenvalue weighted by Gasteiger charge is 2.39. The molecule has 0 aliphatic carbocycles. The van der Waals surface area contributed by atoms with E-state index in [0.29, 0.717) is 57.9 Å². The summed E-state index contributed by atoms with van der Waals surface area (Å²) in [7, 11) is 1.98. The number of nitrogens with zero attached hydrogens (tertiary/aromatic N) is 2. The molecule has 2 rings (SSSR count). The first-order chi connectivity index (χ1) is 36.9. The van der Waals surface area contributed by atoms with Gasteiger partial charge < -0.3 is 38.1 Å². The molecule has 0 saturated carbocycles. The van der Waals surface area contributed by atoms with E-state index in [4.69, 9.17) is 33.2 Å². The highest BCUT2D eigenvalue weighted by atomic mass is 16.6. The van der Waals surface area contributed by atoms with Crippen LogP contribution in [0.25, 0.3) is 0 Å². The maximum atomic E-state index is 14.2. The molecule has 2 heterocycles. The molecule has 440 valence electrons. The SMILES string of the molecule is CCCCCCCCC(=O)OCC(COC(=O)CCCCCCCC)CC(=O)OC[C@@H]1CCC[C@@H](COC(=O)CC(COC(=O)CCCCCCCC)COC(=O)CCCCCCCC)N1C(=O)OC1CCCN(C)C1. The second kappa shape index (κ2) is 45.0. The largest absolute Gasteiger partial charge is 0.465 e. The number of carbonyl (C=O) groups is 7. The number of esters is 6. The van der Waals surface area contributed by atoms with Crippen molar-refractivity contribution in [2.75, 3.05) is 59.8 Å². The van der Waals surface area contributed by atoms with Crippen molar-refractivity contribution in [1.29, 1.82) is 0 Å². The molecule has 2 aliphatic heterocycles. The topological polar surface area (TPSA) is 191 Å². The van der Waals surface area contributed by atoms with Gasteiger partial charge in [0, 0.05) is 44.1 Å². The van der Waals surface area contributed by atoms with Gasteiger partial charge >= 0.3 is 41.9 Å². The Morgan fingerprint density at radius 1 is 0.408 bits per heavy atom. The summed E-state index contributed by atoms with van der Waals surface area (Å²) in [6, 6.07) is -1.19. The van der Waals surface area contributed by atoms with Crippen molar-refractivity contribution in [2.24, 2.45) is 11.8 Å². The Bertz CT molecular complexity index is 1420. The van der Waals surface area contributed by atoms with Crippen LogP contribution in [0.4, 0.5) is 4.79 Å². The molecule has 0 aromatic carbocycles. The summed E-state index contributed by atoms with van der Waals surface area (Å²) in [6.45, 7) is 9.37. The maximum Gasteiger partial charge on any atom is 0.410 e. The van der Waals surface area contributed by atoms with Crippen molar-refractivity contribution in [2.45, 2.75) is 271 Å². The number of unbranched alkanes of at least 4 members (excludes halogenated alkanes) is 20. The van der Waals surface area contributed by atoms with Crippen LogP contribution in [0.3, 0.4) is 0 Å². The minimum atomic E-state index is -0.631. The summed E-state index contributed by atoms with van der Waals surface area (Å²) in [5.74, 6) is -3.89. The number of likely N-dealkylation sites (N-methyl/N-ethyl adjacent to an activating group) is 1. The number of amides is 1. The summed E-state index contributed by atoms with van der Waals surface area (Å²) < 4.78 is 40.3. The lowest BCUT2D eigenvalue weighted by Crippen LogP contribution is -2.55. The van der Waals surface area contributed by atoms with Gasteiger partial charge in [-0.1, -0.05) is 156 Å². The van der Waals surface area contributed by atoms with Crippen molar-refractivity contribution < 1.29 is 66.7 Å². The summed E-state index contributed by atoms with van der Waals surface area (Å²) in [6.07, 6.45) is 27.6. The third-order valence-corrected chi connectivity index (χ3v) is 14.6. The van der Waals surface area contributed by atoms with E-state index in [2.05, 4.69) is 32.6 Å². The zero-order valence-electron chi connectivity index (χ0n) is 48.4. The van der Waals surface area contributed by atoms with Crippen LogP contribution in [0, 0.1) is 11.8 Å². The van der Waals surface area contributed by atoms with Gasteiger partial charge in [0.1, 0.15) is 19.3 Å². The van der Waals surface area contributed by atoms with Gasteiger partial charge in [-0.15, -0.1) is 0 Å². The molecule has 16 heteroatoms. The average Bonchev–Trinajstić information content (AvgIpc) is 3.40. The molecule has 0 bridgehead atoms. The first-order valence-corrected chi connectivity index (χ1v) is 30.5. The predicted octanol–water partition coefficient (Wildman–Crippen LogP) is 12.7. The van der Waals surface area contributed by atoms with Gasteiger partial charge in [-0.3, -0.25) is 33.7 Å². The van der Waals surface area contributed by atoms with Crippen molar-refractivity contribution in [3.05, 3.63) is 0 Å². The van der Waals surface area contributed by atoms with Crippen molar-refractivity contribution in [3.8, 4) is 0 Å². The zero-order valence-corrected chi connectivity index (χ0v) is 48.4. The van der Waals surface area contributed by atoms with Gasteiger partial charge in [-0.05, 0) is 71.4 Å². The normalized spacial score (nSPS) is 16.8. The van der Waals surface area contributed by atoms with Crippen LogP contribution >= 0.6 is 0 Å². The summed E-state index contributed by atoms with van der Waals surface area (Å²) >= 11 is 0. The van der Waals surface area contributed by atoms with E-state index < -0.39 is 42.0 Å². The van der Waals surface area contributed by atoms with Gasteiger partial charge in [-0.25, -0.2) is 4.79 Å². The van der Waals surface area contributed by atoms with Gasteiger partial charge in [-0.2, -0.15) is 0 Å². The molecular formula is C60H106N2O14. The minimum Gasteiger partial charge on any atom is -0.465 e. The van der Waals surface area contributed by atoms with E-state index in [-0.39, 0.29) is 108 Å². The van der Waals surface area contributed by atoms with Crippen LogP contribution in [0.1, 0.15) is 252 Å². The zero-order chi connectivity index (χ0) is 55.4. The predicted molar refractivity (Wildman–Crippen MR) is 294 cm³/mol. The molecule has 0 radical (unpaired) electrons. The van der Waals surface area contributed by atoms with Crippen molar-refractivity contribution in [3.63, 3.8) is 0 Å². The Labute approximate surface area is 459 Å². The molecule has 2 aliphatic rings. The Kier molecular flexibility index (Phi) is 40.3. The standard InChI is InChI=1S/C60H106N2O14/c1-6-10-14-18-22-26-35-54(63)70-43-49(44-71-55(64)36-27-23-19-15-11-7-2)40-58(67)74-47-51-32-30-33-52(62(51)60(69)76-53-34-31-39-61(5)42-53)48-75-59(68)41-50(45-72-56(65)37-28-24-20-16-12-8-3)46-73-57(66)38-29-25-21-17-13-9-4/h49-53H,6-48H2,1-5H3/t51-,52-,53?/m0/s1. The number of piperidine rings is 2. The van der Waals surface area contributed by atoms with Crippen molar-refractivity contribution in [1.82, 2.24) is 9.80 Å². The van der Waals surface area contributed by atoms with E-state index in [1.54, 1.807) is 4.90 Å². The van der Waals surface area contributed by atoms with E-state index in [9.17, 15) is 33.6 Å². The molecule has 0 aromatic heterocycles. The van der Waals surface area contributed by atoms with E-state index in [0.717, 1.165) is 116 Å². The number of hydrogen-bond acceptors (Lipinski definition) is 15. The van der Waals surface area contributed by atoms with Crippen LogP contribution in [-0.4, -0.2) is 130 Å². The van der Waals surface area contributed by atoms with Crippen LogP contribution in [0.5, 0.6) is 0 Å². The highest BCUT2D eigenvalue weighted by Crippen LogP contribution is 2.27. The van der Waals surface area contributed by atoms with E-state index >= 15 is 0 Å². The molecular weight excluding hydrogens is 973 g/mol. The number of likely N-dealkylation sites (tertiary alicyclic amines) is 2. The molecule has 0 N–H and O–H groups in total. The third kappa shape index (κ3) is 34.7. The Hall–Kier alpha value is -3.95. The lowest BCUT2D eigenvalue weighted by atomic mass is 9.96. The number of carbonyl (C=O) groups excluding carboxylic acids is 7. The first-order valence-electron chi connectivity index (χ1n) is 30.5. The van der Waals surface area contributed by atoms with Gasteiger partial charge in [0.05, 0.1) is 51.4 Å². The fourth-order valence-electron chi connectivity index (χ4n) is 9.84. The molecule has 76 heavy (non-hydrogen) atoms. The summed E-state index contributed by atoms with van der Waals surface area (Å²) in [5.41, 5.74) is 0. The molecule has 0 spiro atoms. The second-order valence-electron chi connectivity index (χ2n) is 21.9. The molecule has 0 aromatic rings. The molecule has 3 atom stereocenters. The maximum absolute atomic E-state index is 14.2. The molecule has 1 unspecified atom stereocenters. The highest BCUT2D eigenvalue weighted by molar-refractivity contribution is 5.73. The molecule has 16 nitrogen and oxygen atoms in total. The van der Waals surface area contributed by atoms with E-state index in [1.807, 2.05) is 7.05 Å². The third-order valence-electron chi connectivity index (χ3n) is 14.6. The number of hydrogen-bond donors (Lipinski definition) is 0. The number of ether oxygens (including phenoxy) is 7. The molecule has 1 amide bonds. The number of rotatable bonds is 45. The monoisotopic (exact) mass is 1080 g/mol. The van der Waals surface area contributed by atoms with Gasteiger partial charge in [0.25, 0.3) is 0 Å². The van der Waals surface area contributed by atoms with Crippen LogP contribution in [0.2, 0.25) is 0 Å². The van der Waals surface area contributed by atoms with Gasteiger partial charge in [0.2, 0.25) is 0 Å². The minimum absolute atomic E-state index is 0.108. The lowest BCUT2D eigenvalue weighted by molar-refractivity contribution is -0.157. The lowest BCUT2D eigenvalue weighted by Gasteiger charge is -2.42. The Morgan fingerprint density at radius 3 is 1.07 bits per heavy atom. The molecule has 2 fully saturated rings. The summed E-state index contributed by atoms with van der Waals surface area (Å²) in [4.78, 5) is 96.1. The fraction of sp³-hybridized carbons (Fsp3) is 0.883. The first kappa shape index (κ1) is 68.2. The second-order valence-corrected chi connectivity index (χ2v) is 21.9. The van der Waals surface area contributed by atoms with E-state index in [1.165, 1.54) is 25.7 Å². The molecule has 2 saturated heterocycles. The summed E-state index contributed by atoms with van der Waals surface area (Å²) in [5, 5.41) is 0. The Balaban J connectivity index is 2.14.